The number of hydrogen-bond acceptors (Lipinski definition) is 5. The largest absolute Gasteiger partial charge is 0.508 e. The van der Waals surface area contributed by atoms with Crippen LogP contribution in [0, 0.1) is 0 Å². The van der Waals surface area contributed by atoms with Crippen LogP contribution in [0.25, 0.3) is 0 Å². The summed E-state index contributed by atoms with van der Waals surface area (Å²) in [6, 6.07) is 15.8. The number of aliphatic hydroxyl groups excluding tert-OH is 1. The van der Waals surface area contributed by atoms with Crippen LogP contribution in [-0.2, 0) is 0 Å². The molecule has 4 rings (SSSR count). The fourth-order valence-corrected chi connectivity index (χ4v) is 5.50. The zero-order valence-electron chi connectivity index (χ0n) is 15.6. The van der Waals surface area contributed by atoms with Gasteiger partial charge in [0.2, 0.25) is 0 Å². The van der Waals surface area contributed by atoms with E-state index in [2.05, 4.69) is 28.0 Å². The van der Waals surface area contributed by atoms with Crippen molar-refractivity contribution in [2.75, 3.05) is 37.6 Å². The number of thioether (sulfide) groups is 1. The lowest BCUT2D eigenvalue weighted by atomic mass is 10.0. The van der Waals surface area contributed by atoms with Crippen molar-refractivity contribution in [2.45, 2.75) is 35.5 Å². The summed E-state index contributed by atoms with van der Waals surface area (Å²) < 4.78 is 0. The molecule has 2 heterocycles. The summed E-state index contributed by atoms with van der Waals surface area (Å²) in [5.74, 6) is 0.325. The first-order valence-electron chi connectivity index (χ1n) is 9.89. The Kier molecular flexibility index (Phi) is 5.91. The van der Waals surface area contributed by atoms with Crippen LogP contribution in [-0.4, -0.2) is 53.1 Å². The number of aliphatic hydroxyl groups is 1. The lowest BCUT2D eigenvalue weighted by Crippen LogP contribution is -2.46. The van der Waals surface area contributed by atoms with E-state index in [0.717, 1.165) is 51.1 Å². The molecule has 2 aromatic carbocycles. The van der Waals surface area contributed by atoms with Gasteiger partial charge >= 0.3 is 0 Å². The monoisotopic (exact) mass is 384 g/mol. The number of phenols is 1. The third-order valence-electron chi connectivity index (χ3n) is 5.65. The predicted octanol–water partition coefficient (Wildman–Crippen LogP) is 3.89. The van der Waals surface area contributed by atoms with Gasteiger partial charge < -0.3 is 15.1 Å². The van der Waals surface area contributed by atoms with Crippen LogP contribution in [0.1, 0.15) is 30.9 Å². The molecule has 4 nitrogen and oxygen atoms in total. The summed E-state index contributed by atoms with van der Waals surface area (Å²) in [7, 11) is 0. The van der Waals surface area contributed by atoms with E-state index in [1.807, 2.05) is 30.0 Å². The Morgan fingerprint density at radius 1 is 0.963 bits per heavy atom. The topological polar surface area (TPSA) is 46.9 Å². The van der Waals surface area contributed by atoms with E-state index >= 15 is 0 Å². The maximum atomic E-state index is 10.4. The van der Waals surface area contributed by atoms with E-state index in [9.17, 15) is 10.2 Å². The number of hydrogen-bond donors (Lipinski definition) is 2. The Balaban J connectivity index is 1.20. The molecule has 0 aliphatic carbocycles. The molecule has 27 heavy (non-hydrogen) atoms. The first-order valence-corrected chi connectivity index (χ1v) is 10.8. The normalized spacial score (nSPS) is 23.2. The summed E-state index contributed by atoms with van der Waals surface area (Å²) in [4.78, 5) is 6.19. The van der Waals surface area contributed by atoms with E-state index < -0.39 is 0 Å². The van der Waals surface area contributed by atoms with Gasteiger partial charge in [-0.2, -0.15) is 0 Å². The highest BCUT2D eigenvalue weighted by Gasteiger charge is 2.26. The van der Waals surface area contributed by atoms with Crippen molar-refractivity contribution in [3.05, 3.63) is 54.1 Å². The molecular formula is C22H28N2O2S. The van der Waals surface area contributed by atoms with Gasteiger partial charge in [-0.15, -0.1) is 11.8 Å². The van der Waals surface area contributed by atoms with Crippen LogP contribution in [0.3, 0.4) is 0 Å². The molecule has 0 amide bonds. The fourth-order valence-electron chi connectivity index (χ4n) is 4.08. The first-order chi connectivity index (χ1) is 13.2. The van der Waals surface area contributed by atoms with E-state index in [4.69, 9.17) is 0 Å². The number of piperazine rings is 1. The Morgan fingerprint density at radius 2 is 1.70 bits per heavy atom. The van der Waals surface area contributed by atoms with Crippen LogP contribution in [0.5, 0.6) is 5.75 Å². The Morgan fingerprint density at radius 3 is 2.48 bits per heavy atom. The molecule has 2 aliphatic rings. The molecule has 0 spiro atoms. The summed E-state index contributed by atoms with van der Waals surface area (Å²) in [5.41, 5.74) is 2.29. The van der Waals surface area contributed by atoms with E-state index in [0.29, 0.717) is 11.0 Å². The number of benzene rings is 2. The molecule has 0 aromatic heterocycles. The predicted molar refractivity (Wildman–Crippen MR) is 112 cm³/mol. The highest BCUT2D eigenvalue weighted by molar-refractivity contribution is 8.00. The lowest BCUT2D eigenvalue weighted by Gasteiger charge is -2.36. The molecule has 5 heteroatoms. The number of anilines is 1. The van der Waals surface area contributed by atoms with Gasteiger partial charge in [-0.05, 0) is 61.7 Å². The van der Waals surface area contributed by atoms with E-state index in [1.165, 1.54) is 17.0 Å². The van der Waals surface area contributed by atoms with Gasteiger partial charge in [0.25, 0.3) is 0 Å². The van der Waals surface area contributed by atoms with Gasteiger partial charge in [0.15, 0.2) is 0 Å². The number of aromatic hydroxyl groups is 1. The van der Waals surface area contributed by atoms with Crippen LogP contribution < -0.4 is 4.90 Å². The molecule has 2 atom stereocenters. The molecule has 2 unspecified atom stereocenters. The molecule has 0 bridgehead atoms. The van der Waals surface area contributed by atoms with E-state index in [1.54, 1.807) is 12.1 Å². The second-order valence-corrected chi connectivity index (χ2v) is 8.86. The van der Waals surface area contributed by atoms with Gasteiger partial charge in [-0.25, -0.2) is 0 Å². The summed E-state index contributed by atoms with van der Waals surface area (Å²) >= 11 is 1.94. The molecule has 0 radical (unpaired) electrons. The minimum absolute atomic E-state index is 0.304. The van der Waals surface area contributed by atoms with E-state index in [-0.39, 0.29) is 6.10 Å². The van der Waals surface area contributed by atoms with Crippen LogP contribution in [0.15, 0.2) is 53.4 Å². The van der Waals surface area contributed by atoms with Crippen molar-refractivity contribution in [3.63, 3.8) is 0 Å². The molecule has 1 saturated heterocycles. The van der Waals surface area contributed by atoms with Crippen molar-refractivity contribution >= 4 is 17.4 Å². The van der Waals surface area contributed by atoms with Gasteiger partial charge in [0.1, 0.15) is 5.75 Å². The average Bonchev–Trinajstić information content (AvgIpc) is 2.69. The Labute approximate surface area is 165 Å². The minimum Gasteiger partial charge on any atom is -0.508 e. The molecule has 2 N–H and O–H groups in total. The van der Waals surface area contributed by atoms with Crippen molar-refractivity contribution in [3.8, 4) is 5.75 Å². The molecular weight excluding hydrogens is 356 g/mol. The molecule has 2 aliphatic heterocycles. The summed E-state index contributed by atoms with van der Waals surface area (Å²) in [6.07, 6.45) is 2.91. The average molecular weight is 385 g/mol. The van der Waals surface area contributed by atoms with Crippen molar-refractivity contribution in [1.29, 1.82) is 0 Å². The van der Waals surface area contributed by atoms with Gasteiger partial charge in [0, 0.05) is 42.0 Å². The van der Waals surface area contributed by atoms with Crippen LogP contribution in [0.4, 0.5) is 5.69 Å². The molecule has 2 aromatic rings. The highest BCUT2D eigenvalue weighted by Crippen LogP contribution is 2.42. The molecule has 0 saturated carbocycles. The highest BCUT2D eigenvalue weighted by atomic mass is 32.2. The number of phenolic OH excluding ortho intramolecular Hbond substituents is 1. The standard InChI is InChI=1S/C22H28N2O2S/c25-18-9-7-17(8-10-18)24-14-12-23(13-15-24)11-3-4-19-16-21(26)20-5-1-2-6-22(20)27-19/h1-2,5-10,19,21,25-26H,3-4,11-16H2. The van der Waals surface area contributed by atoms with Gasteiger partial charge in [0.05, 0.1) is 6.10 Å². The third-order valence-corrected chi connectivity index (χ3v) is 7.03. The number of rotatable bonds is 5. The van der Waals surface area contributed by atoms with Crippen molar-refractivity contribution in [1.82, 2.24) is 4.90 Å². The lowest BCUT2D eigenvalue weighted by molar-refractivity contribution is 0.159. The number of fused-ring (bicyclic) bond motifs is 1. The van der Waals surface area contributed by atoms with Crippen molar-refractivity contribution in [2.24, 2.45) is 0 Å². The van der Waals surface area contributed by atoms with Gasteiger partial charge in [-0.1, -0.05) is 18.2 Å². The van der Waals surface area contributed by atoms with Crippen molar-refractivity contribution < 1.29 is 10.2 Å². The quantitative estimate of drug-likeness (QED) is 0.819. The Hall–Kier alpha value is -1.69. The zero-order chi connectivity index (χ0) is 18.6. The van der Waals surface area contributed by atoms with Crippen LogP contribution >= 0.6 is 11.8 Å². The first kappa shape index (κ1) is 18.7. The SMILES string of the molecule is Oc1ccc(N2CCN(CCCC3CC(O)c4ccccc4S3)CC2)cc1. The number of nitrogens with zero attached hydrogens (tertiary/aromatic N) is 2. The smallest absolute Gasteiger partial charge is 0.115 e. The molecule has 144 valence electrons. The van der Waals surface area contributed by atoms with Crippen LogP contribution in [0.2, 0.25) is 0 Å². The second kappa shape index (κ2) is 8.55. The third kappa shape index (κ3) is 4.60. The van der Waals surface area contributed by atoms with Gasteiger partial charge in [-0.3, -0.25) is 4.90 Å². The Bertz CT molecular complexity index is 744. The maximum absolute atomic E-state index is 10.4. The second-order valence-electron chi connectivity index (χ2n) is 7.52. The summed E-state index contributed by atoms with van der Waals surface area (Å²) in [6.45, 7) is 5.39. The minimum atomic E-state index is -0.304. The fraction of sp³-hybridized carbons (Fsp3) is 0.455. The maximum Gasteiger partial charge on any atom is 0.115 e. The molecule has 1 fully saturated rings. The zero-order valence-corrected chi connectivity index (χ0v) is 16.4. The summed E-state index contributed by atoms with van der Waals surface area (Å²) in [5, 5.41) is 20.3.